The van der Waals surface area contributed by atoms with Crippen LogP contribution in [0.4, 0.5) is 10.1 Å². The number of fused-ring (bicyclic) bond motifs is 1. The Labute approximate surface area is 182 Å². The number of ketones is 1. The van der Waals surface area contributed by atoms with E-state index < -0.39 is 17.2 Å². The second kappa shape index (κ2) is 8.65. The Kier molecular flexibility index (Phi) is 6.34. The van der Waals surface area contributed by atoms with Crippen LogP contribution in [0.3, 0.4) is 0 Å². The van der Waals surface area contributed by atoms with E-state index in [0.717, 1.165) is 18.5 Å². The predicted octanol–water partition coefficient (Wildman–Crippen LogP) is 4.32. The van der Waals surface area contributed by atoms with Crippen molar-refractivity contribution in [3.63, 3.8) is 0 Å². The molecule has 0 saturated carbocycles. The molecule has 2 aromatic rings. The molecule has 0 atom stereocenters. The van der Waals surface area contributed by atoms with Crippen LogP contribution < -0.4 is 10.6 Å². The van der Waals surface area contributed by atoms with Crippen molar-refractivity contribution in [2.45, 2.75) is 72.4 Å². The van der Waals surface area contributed by atoms with Gasteiger partial charge < -0.3 is 15.2 Å². The highest BCUT2D eigenvalue weighted by atomic mass is 19.1. The predicted molar refractivity (Wildman–Crippen MR) is 118 cm³/mol. The number of carbonyl (C=O) groups is 3. The van der Waals surface area contributed by atoms with Crippen molar-refractivity contribution in [2.24, 2.45) is 0 Å². The summed E-state index contributed by atoms with van der Waals surface area (Å²) < 4.78 is 15.4. The molecular weight excluding hydrogens is 397 g/mol. The van der Waals surface area contributed by atoms with Gasteiger partial charge >= 0.3 is 0 Å². The lowest BCUT2D eigenvalue weighted by molar-refractivity contribution is -0.118. The van der Waals surface area contributed by atoms with Crippen LogP contribution in [0.1, 0.15) is 77.7 Å². The topological polar surface area (TPSA) is 80.2 Å². The van der Waals surface area contributed by atoms with Gasteiger partial charge in [0.1, 0.15) is 5.82 Å². The third kappa shape index (κ3) is 4.55. The molecule has 6 nitrogen and oxygen atoms in total. The molecule has 1 aliphatic heterocycles. The summed E-state index contributed by atoms with van der Waals surface area (Å²) in [5, 5.41) is 5.61. The van der Waals surface area contributed by atoms with Gasteiger partial charge in [-0.25, -0.2) is 4.39 Å². The molecule has 2 heterocycles. The number of halogens is 1. The van der Waals surface area contributed by atoms with Gasteiger partial charge in [-0.05, 0) is 82.7 Å². The fourth-order valence-corrected chi connectivity index (χ4v) is 3.95. The number of rotatable bonds is 6. The number of hydrogen-bond donors (Lipinski definition) is 2. The van der Waals surface area contributed by atoms with E-state index >= 15 is 0 Å². The Morgan fingerprint density at radius 1 is 1.16 bits per heavy atom. The Bertz CT molecular complexity index is 1050. The molecule has 2 N–H and O–H groups in total. The molecule has 0 radical (unpaired) electrons. The second-order valence-electron chi connectivity index (χ2n) is 8.84. The molecule has 7 heteroatoms. The van der Waals surface area contributed by atoms with Crippen molar-refractivity contribution < 1.29 is 18.8 Å². The molecule has 0 fully saturated rings. The number of nitrogens with one attached hydrogen (secondary N) is 2. The highest BCUT2D eigenvalue weighted by molar-refractivity contribution is 6.43. The Balaban J connectivity index is 1.98. The Morgan fingerprint density at radius 2 is 1.87 bits per heavy atom. The number of aryl methyl sites for hydroxylation is 1. The first-order chi connectivity index (χ1) is 14.6. The maximum Gasteiger partial charge on any atom is 0.294 e. The third-order valence-corrected chi connectivity index (χ3v) is 6.06. The van der Waals surface area contributed by atoms with Gasteiger partial charge in [-0.15, -0.1) is 0 Å². The minimum atomic E-state index is -0.665. The molecule has 166 valence electrons. The zero-order valence-corrected chi connectivity index (χ0v) is 18.8. The summed E-state index contributed by atoms with van der Waals surface area (Å²) in [6.45, 7) is 9.59. The Morgan fingerprint density at radius 3 is 2.52 bits per heavy atom. The number of nitrogens with zero attached hydrogens (tertiary/aromatic N) is 1. The van der Waals surface area contributed by atoms with Crippen molar-refractivity contribution in [3.05, 3.63) is 52.1 Å². The lowest BCUT2D eigenvalue weighted by atomic mass is 10.0. The van der Waals surface area contributed by atoms with Crippen molar-refractivity contribution in [3.8, 4) is 0 Å². The van der Waals surface area contributed by atoms with E-state index in [2.05, 4.69) is 10.6 Å². The zero-order valence-electron chi connectivity index (χ0n) is 18.8. The monoisotopic (exact) mass is 427 g/mol. The molecule has 0 aliphatic carbocycles. The maximum atomic E-state index is 13.6. The SMILES string of the molecule is CCC(C)(C)NC(=O)C(=O)c1c(C)c(C(=O)Nc2ccc(F)c(C)c2)c2n1CCCC2. The van der Waals surface area contributed by atoms with Crippen LogP contribution >= 0.6 is 0 Å². The van der Waals surface area contributed by atoms with Crippen LogP contribution in [0.15, 0.2) is 18.2 Å². The van der Waals surface area contributed by atoms with E-state index in [1.54, 1.807) is 19.9 Å². The van der Waals surface area contributed by atoms with Gasteiger partial charge in [0, 0.05) is 23.5 Å². The summed E-state index contributed by atoms with van der Waals surface area (Å²) in [4.78, 5) is 38.9. The van der Waals surface area contributed by atoms with Gasteiger partial charge in [0.15, 0.2) is 0 Å². The van der Waals surface area contributed by atoms with Gasteiger partial charge in [-0.1, -0.05) is 6.92 Å². The van der Waals surface area contributed by atoms with E-state index in [4.69, 9.17) is 0 Å². The average Bonchev–Trinajstić information content (AvgIpc) is 3.01. The fraction of sp³-hybridized carbons (Fsp3) is 0.458. The number of aromatic nitrogens is 1. The van der Waals surface area contributed by atoms with Crippen LogP contribution in [0, 0.1) is 19.7 Å². The molecule has 2 amide bonds. The summed E-state index contributed by atoms with van der Waals surface area (Å²) in [6.07, 6.45) is 3.12. The number of hydrogen-bond acceptors (Lipinski definition) is 3. The number of amides is 2. The van der Waals surface area contributed by atoms with Crippen LogP contribution in [0.2, 0.25) is 0 Å². The van der Waals surface area contributed by atoms with E-state index in [9.17, 15) is 18.8 Å². The summed E-state index contributed by atoms with van der Waals surface area (Å²) in [5.41, 5.74) is 2.38. The van der Waals surface area contributed by atoms with E-state index in [1.165, 1.54) is 12.1 Å². The lowest BCUT2D eigenvalue weighted by Crippen LogP contribution is -2.46. The largest absolute Gasteiger partial charge is 0.344 e. The molecule has 0 unspecified atom stereocenters. The molecule has 1 aliphatic rings. The number of benzene rings is 1. The molecule has 0 bridgehead atoms. The lowest BCUT2D eigenvalue weighted by Gasteiger charge is -2.24. The fourth-order valence-electron chi connectivity index (χ4n) is 3.95. The highest BCUT2D eigenvalue weighted by Crippen LogP contribution is 2.30. The zero-order chi connectivity index (χ0) is 22.9. The molecular formula is C24H30FN3O3. The van der Waals surface area contributed by atoms with Crippen molar-refractivity contribution in [2.75, 3.05) is 5.32 Å². The third-order valence-electron chi connectivity index (χ3n) is 6.06. The average molecular weight is 428 g/mol. The van der Waals surface area contributed by atoms with Gasteiger partial charge in [0.05, 0.1) is 11.3 Å². The first-order valence-corrected chi connectivity index (χ1v) is 10.7. The first kappa shape index (κ1) is 22.7. The summed E-state index contributed by atoms with van der Waals surface area (Å²) >= 11 is 0. The van der Waals surface area contributed by atoms with Gasteiger partial charge in [0.2, 0.25) is 0 Å². The van der Waals surface area contributed by atoms with Crippen LogP contribution in [0.25, 0.3) is 0 Å². The van der Waals surface area contributed by atoms with Crippen molar-refractivity contribution in [1.29, 1.82) is 0 Å². The normalized spacial score (nSPS) is 13.5. The molecule has 0 spiro atoms. The molecule has 31 heavy (non-hydrogen) atoms. The molecule has 1 aromatic heterocycles. The van der Waals surface area contributed by atoms with E-state index in [0.29, 0.717) is 41.8 Å². The summed E-state index contributed by atoms with van der Waals surface area (Å²) in [6, 6.07) is 4.38. The van der Waals surface area contributed by atoms with Gasteiger partial charge in [-0.2, -0.15) is 0 Å². The van der Waals surface area contributed by atoms with Crippen LogP contribution in [0.5, 0.6) is 0 Å². The van der Waals surface area contributed by atoms with Crippen molar-refractivity contribution >= 4 is 23.3 Å². The highest BCUT2D eigenvalue weighted by Gasteiger charge is 2.33. The molecule has 3 rings (SSSR count). The first-order valence-electron chi connectivity index (χ1n) is 10.7. The number of Topliss-reactive ketones (excluding diaryl/α,β-unsaturated/α-hetero) is 1. The minimum absolute atomic E-state index is 0.277. The quantitative estimate of drug-likeness (QED) is 0.532. The molecule has 1 aromatic carbocycles. The second-order valence-corrected chi connectivity index (χ2v) is 8.84. The smallest absolute Gasteiger partial charge is 0.294 e. The summed E-state index contributed by atoms with van der Waals surface area (Å²) in [7, 11) is 0. The minimum Gasteiger partial charge on any atom is -0.344 e. The van der Waals surface area contributed by atoms with Crippen LogP contribution in [-0.4, -0.2) is 27.7 Å². The van der Waals surface area contributed by atoms with Crippen molar-refractivity contribution in [1.82, 2.24) is 9.88 Å². The van der Waals surface area contributed by atoms with E-state index in [-0.39, 0.29) is 17.4 Å². The van der Waals surface area contributed by atoms with Crippen LogP contribution in [-0.2, 0) is 17.8 Å². The molecule has 0 saturated heterocycles. The number of anilines is 1. The maximum absolute atomic E-state index is 13.6. The standard InChI is InChI=1S/C24H30FN3O3/c1-6-24(4,5)27-23(31)21(29)20-15(3)19(18-9-7-8-12-28(18)20)22(30)26-16-10-11-17(25)14(2)13-16/h10-11,13H,6-9,12H2,1-5H3,(H,26,30)(H,27,31). The van der Waals surface area contributed by atoms with Gasteiger partial charge in [-0.3, -0.25) is 14.4 Å². The van der Waals surface area contributed by atoms with E-state index in [1.807, 2.05) is 25.3 Å². The number of carbonyl (C=O) groups excluding carboxylic acids is 3. The summed E-state index contributed by atoms with van der Waals surface area (Å²) in [5.74, 6) is -1.99. The Hall–Kier alpha value is -2.96. The van der Waals surface area contributed by atoms with Gasteiger partial charge in [0.25, 0.3) is 17.6 Å².